The van der Waals surface area contributed by atoms with E-state index in [0.29, 0.717) is 6.42 Å². The zero-order valence-corrected chi connectivity index (χ0v) is 11.2. The zero-order chi connectivity index (χ0) is 13.1. The molecule has 1 fully saturated rings. The first-order chi connectivity index (χ1) is 9.34. The van der Waals surface area contributed by atoms with E-state index in [-0.39, 0.29) is 5.91 Å². The molecule has 0 N–H and O–H groups in total. The van der Waals surface area contributed by atoms with Crippen LogP contribution in [0.2, 0.25) is 0 Å². The molecule has 0 bridgehead atoms. The summed E-state index contributed by atoms with van der Waals surface area (Å²) in [5.74, 6) is 0.239. The predicted molar refractivity (Wildman–Crippen MR) is 74.4 cm³/mol. The molecule has 3 rings (SSSR count). The summed E-state index contributed by atoms with van der Waals surface area (Å²) in [6.07, 6.45) is 1.59. The Bertz CT molecular complexity index is 455. The smallest absolute Gasteiger partial charge is 0.231 e. The Labute approximate surface area is 113 Å². The first-order valence-corrected chi connectivity index (χ1v) is 7.03. The van der Waals surface area contributed by atoms with Crippen molar-refractivity contribution in [2.45, 2.75) is 12.8 Å². The number of nitrogens with zero attached hydrogens (tertiary/aromatic N) is 2. The fourth-order valence-electron chi connectivity index (χ4n) is 2.84. The summed E-state index contributed by atoms with van der Waals surface area (Å²) in [6, 6.07) is 8.11. The molecule has 2 heterocycles. The van der Waals surface area contributed by atoms with Crippen LogP contribution in [0.4, 0.5) is 5.69 Å². The number of hydrogen-bond acceptors (Lipinski definition) is 3. The minimum absolute atomic E-state index is 0.239. The van der Waals surface area contributed by atoms with Crippen LogP contribution in [-0.4, -0.2) is 50.2 Å². The van der Waals surface area contributed by atoms with Crippen LogP contribution in [0.5, 0.6) is 0 Å². The van der Waals surface area contributed by atoms with Crippen molar-refractivity contribution in [1.29, 1.82) is 0 Å². The molecule has 0 spiro atoms. The lowest BCUT2D eigenvalue weighted by atomic mass is 10.2. The number of anilines is 1. The van der Waals surface area contributed by atoms with Crippen LogP contribution in [0.3, 0.4) is 0 Å². The number of fused-ring (bicyclic) bond motifs is 1. The van der Waals surface area contributed by atoms with Crippen LogP contribution >= 0.6 is 0 Å². The van der Waals surface area contributed by atoms with E-state index in [1.54, 1.807) is 0 Å². The third-order valence-corrected chi connectivity index (χ3v) is 3.88. The predicted octanol–water partition coefficient (Wildman–Crippen LogP) is 1.30. The quantitative estimate of drug-likeness (QED) is 0.818. The average Bonchev–Trinajstić information content (AvgIpc) is 2.76. The van der Waals surface area contributed by atoms with Gasteiger partial charge in [-0.05, 0) is 18.1 Å². The molecule has 1 amide bonds. The second-order valence-corrected chi connectivity index (χ2v) is 5.16. The number of carbonyl (C=O) groups excluding carboxylic acids is 1. The van der Waals surface area contributed by atoms with Gasteiger partial charge in [0.15, 0.2) is 0 Å². The topological polar surface area (TPSA) is 32.8 Å². The number of ether oxygens (including phenoxy) is 1. The summed E-state index contributed by atoms with van der Waals surface area (Å²) in [6.45, 7) is 5.59. The van der Waals surface area contributed by atoms with Gasteiger partial charge >= 0.3 is 0 Å². The van der Waals surface area contributed by atoms with Crippen molar-refractivity contribution in [2.75, 3.05) is 44.3 Å². The SMILES string of the molecule is O=C1Cc2ccccc2N1CCCN1CCOCC1. The molecular formula is C15H20N2O2. The molecule has 102 valence electrons. The van der Waals surface area contributed by atoms with E-state index in [0.717, 1.165) is 51.5 Å². The van der Waals surface area contributed by atoms with E-state index in [1.165, 1.54) is 5.56 Å². The van der Waals surface area contributed by atoms with Gasteiger partial charge in [0, 0.05) is 31.9 Å². The van der Waals surface area contributed by atoms with E-state index in [2.05, 4.69) is 17.0 Å². The van der Waals surface area contributed by atoms with Crippen molar-refractivity contribution < 1.29 is 9.53 Å². The summed E-state index contributed by atoms with van der Waals surface area (Å²) >= 11 is 0. The maximum atomic E-state index is 12.0. The van der Waals surface area contributed by atoms with Crippen LogP contribution < -0.4 is 4.90 Å². The summed E-state index contributed by atoms with van der Waals surface area (Å²) in [7, 11) is 0. The van der Waals surface area contributed by atoms with Gasteiger partial charge in [-0.25, -0.2) is 0 Å². The largest absolute Gasteiger partial charge is 0.379 e. The molecule has 0 radical (unpaired) electrons. The highest BCUT2D eigenvalue weighted by molar-refractivity contribution is 6.01. The molecular weight excluding hydrogens is 240 g/mol. The van der Waals surface area contributed by atoms with Gasteiger partial charge in [-0.1, -0.05) is 18.2 Å². The summed E-state index contributed by atoms with van der Waals surface area (Å²) in [5.41, 5.74) is 2.27. The molecule has 1 saturated heterocycles. The monoisotopic (exact) mass is 260 g/mol. The molecule has 2 aliphatic rings. The van der Waals surface area contributed by atoms with Crippen LogP contribution in [0.1, 0.15) is 12.0 Å². The van der Waals surface area contributed by atoms with Crippen molar-refractivity contribution in [3.05, 3.63) is 29.8 Å². The normalized spacial score (nSPS) is 19.8. The van der Waals surface area contributed by atoms with Gasteiger partial charge in [-0.2, -0.15) is 0 Å². The Morgan fingerprint density at radius 1 is 1.11 bits per heavy atom. The maximum absolute atomic E-state index is 12.0. The van der Waals surface area contributed by atoms with Crippen LogP contribution in [0.15, 0.2) is 24.3 Å². The number of hydrogen-bond donors (Lipinski definition) is 0. The molecule has 1 aromatic carbocycles. The first-order valence-electron chi connectivity index (χ1n) is 7.03. The zero-order valence-electron chi connectivity index (χ0n) is 11.2. The number of morpholine rings is 1. The van der Waals surface area contributed by atoms with Gasteiger partial charge in [0.05, 0.1) is 19.6 Å². The summed E-state index contributed by atoms with van der Waals surface area (Å²) < 4.78 is 5.34. The van der Waals surface area contributed by atoms with E-state index in [4.69, 9.17) is 4.74 Å². The Morgan fingerprint density at radius 2 is 1.89 bits per heavy atom. The molecule has 0 atom stereocenters. The number of benzene rings is 1. The third kappa shape index (κ3) is 2.80. The van der Waals surface area contributed by atoms with E-state index in [9.17, 15) is 4.79 Å². The van der Waals surface area contributed by atoms with Gasteiger partial charge < -0.3 is 9.64 Å². The number of carbonyl (C=O) groups is 1. The first kappa shape index (κ1) is 12.6. The molecule has 19 heavy (non-hydrogen) atoms. The molecule has 2 aliphatic heterocycles. The van der Waals surface area contributed by atoms with Crippen molar-refractivity contribution in [3.8, 4) is 0 Å². The van der Waals surface area contributed by atoms with E-state index >= 15 is 0 Å². The molecule has 0 unspecified atom stereocenters. The average molecular weight is 260 g/mol. The van der Waals surface area contributed by atoms with Gasteiger partial charge in [-0.3, -0.25) is 9.69 Å². The lowest BCUT2D eigenvalue weighted by Crippen LogP contribution is -2.38. The molecule has 0 aromatic heterocycles. The Kier molecular flexibility index (Phi) is 3.80. The Balaban J connectivity index is 1.54. The molecule has 0 aliphatic carbocycles. The second-order valence-electron chi connectivity index (χ2n) is 5.16. The van der Waals surface area contributed by atoms with Crippen LogP contribution in [0, 0.1) is 0 Å². The van der Waals surface area contributed by atoms with Gasteiger partial charge in [-0.15, -0.1) is 0 Å². The lowest BCUT2D eigenvalue weighted by molar-refractivity contribution is -0.117. The van der Waals surface area contributed by atoms with Gasteiger partial charge in [0.25, 0.3) is 0 Å². The Morgan fingerprint density at radius 3 is 2.74 bits per heavy atom. The van der Waals surface area contributed by atoms with Crippen molar-refractivity contribution >= 4 is 11.6 Å². The fourth-order valence-corrected chi connectivity index (χ4v) is 2.84. The minimum atomic E-state index is 0.239. The summed E-state index contributed by atoms with van der Waals surface area (Å²) in [5, 5.41) is 0. The molecule has 0 saturated carbocycles. The second kappa shape index (κ2) is 5.72. The van der Waals surface area contributed by atoms with E-state index in [1.807, 2.05) is 17.0 Å². The molecule has 4 heteroatoms. The standard InChI is InChI=1S/C15H20N2O2/c18-15-12-13-4-1-2-5-14(13)17(15)7-3-6-16-8-10-19-11-9-16/h1-2,4-5H,3,6-12H2. The van der Waals surface area contributed by atoms with Crippen molar-refractivity contribution in [2.24, 2.45) is 0 Å². The number of amides is 1. The van der Waals surface area contributed by atoms with Gasteiger partial charge in [0.1, 0.15) is 0 Å². The third-order valence-electron chi connectivity index (χ3n) is 3.88. The van der Waals surface area contributed by atoms with Gasteiger partial charge in [0.2, 0.25) is 5.91 Å². The summed E-state index contributed by atoms with van der Waals surface area (Å²) in [4.78, 5) is 16.4. The highest BCUT2D eigenvalue weighted by Gasteiger charge is 2.26. The van der Waals surface area contributed by atoms with Crippen molar-refractivity contribution in [3.63, 3.8) is 0 Å². The highest BCUT2D eigenvalue weighted by atomic mass is 16.5. The van der Waals surface area contributed by atoms with Crippen LogP contribution in [-0.2, 0) is 16.0 Å². The number of para-hydroxylation sites is 1. The van der Waals surface area contributed by atoms with E-state index < -0.39 is 0 Å². The van der Waals surface area contributed by atoms with Crippen molar-refractivity contribution in [1.82, 2.24) is 4.90 Å². The fraction of sp³-hybridized carbons (Fsp3) is 0.533. The highest BCUT2D eigenvalue weighted by Crippen LogP contribution is 2.28. The lowest BCUT2D eigenvalue weighted by Gasteiger charge is -2.27. The molecule has 1 aromatic rings. The Hall–Kier alpha value is -1.39. The maximum Gasteiger partial charge on any atom is 0.231 e. The molecule has 4 nitrogen and oxygen atoms in total. The van der Waals surface area contributed by atoms with Crippen LogP contribution in [0.25, 0.3) is 0 Å². The number of rotatable bonds is 4. The minimum Gasteiger partial charge on any atom is -0.379 e.